The number of hydrogen-bond acceptors (Lipinski definition) is 3. The van der Waals surface area contributed by atoms with Gasteiger partial charge in [-0.2, -0.15) is 0 Å². The summed E-state index contributed by atoms with van der Waals surface area (Å²) >= 11 is 0. The number of benzene rings is 1. The highest BCUT2D eigenvalue weighted by Crippen LogP contribution is 2.26. The van der Waals surface area contributed by atoms with Gasteiger partial charge in [0.25, 0.3) is 0 Å². The number of furan rings is 1. The minimum absolute atomic E-state index is 0.740. The van der Waals surface area contributed by atoms with Crippen LogP contribution in [0.4, 0.5) is 0 Å². The van der Waals surface area contributed by atoms with E-state index < -0.39 is 0 Å². The lowest BCUT2D eigenvalue weighted by Gasteiger charge is -2.17. The van der Waals surface area contributed by atoms with Crippen molar-refractivity contribution in [3.8, 4) is 0 Å². The van der Waals surface area contributed by atoms with Crippen LogP contribution >= 0.6 is 0 Å². The first-order chi connectivity index (χ1) is 10.1. The Morgan fingerprint density at radius 2 is 2.00 bits per heavy atom. The summed E-state index contributed by atoms with van der Waals surface area (Å²) in [6, 6.07) is 8.33. The predicted octanol–water partition coefficient (Wildman–Crippen LogP) is 4.02. The zero-order valence-electron chi connectivity index (χ0n) is 13.8. The van der Waals surface area contributed by atoms with E-state index in [2.05, 4.69) is 56.2 Å². The SMILES string of the molecule is CCNCc1c(CN(C)CCC(C)C)oc2ccccc12. The van der Waals surface area contributed by atoms with E-state index in [4.69, 9.17) is 4.42 Å². The van der Waals surface area contributed by atoms with Gasteiger partial charge in [-0.25, -0.2) is 0 Å². The molecule has 0 bridgehead atoms. The normalized spacial score (nSPS) is 11.9. The van der Waals surface area contributed by atoms with Gasteiger partial charge in [-0.15, -0.1) is 0 Å². The van der Waals surface area contributed by atoms with Crippen LogP contribution < -0.4 is 5.32 Å². The lowest BCUT2D eigenvalue weighted by molar-refractivity contribution is 0.279. The molecule has 2 rings (SSSR count). The topological polar surface area (TPSA) is 28.4 Å². The summed E-state index contributed by atoms with van der Waals surface area (Å²) in [6.07, 6.45) is 1.22. The van der Waals surface area contributed by atoms with Gasteiger partial charge in [-0.3, -0.25) is 4.90 Å². The second kappa shape index (κ2) is 7.62. The Morgan fingerprint density at radius 1 is 1.24 bits per heavy atom. The van der Waals surface area contributed by atoms with Crippen molar-refractivity contribution in [3.05, 3.63) is 35.6 Å². The van der Waals surface area contributed by atoms with E-state index in [-0.39, 0.29) is 0 Å². The van der Waals surface area contributed by atoms with Gasteiger partial charge in [-0.05, 0) is 38.5 Å². The van der Waals surface area contributed by atoms with Crippen LogP contribution in [0.1, 0.15) is 38.5 Å². The van der Waals surface area contributed by atoms with Crippen molar-refractivity contribution < 1.29 is 4.42 Å². The summed E-state index contributed by atoms with van der Waals surface area (Å²) < 4.78 is 6.09. The molecule has 0 radical (unpaired) electrons. The van der Waals surface area contributed by atoms with E-state index in [1.54, 1.807) is 0 Å². The van der Waals surface area contributed by atoms with Crippen LogP contribution in [0.3, 0.4) is 0 Å². The summed E-state index contributed by atoms with van der Waals surface area (Å²) in [5.41, 5.74) is 2.31. The zero-order valence-corrected chi connectivity index (χ0v) is 13.8. The fourth-order valence-electron chi connectivity index (χ4n) is 2.52. The van der Waals surface area contributed by atoms with Gasteiger partial charge in [-0.1, -0.05) is 39.0 Å². The third-order valence-electron chi connectivity index (χ3n) is 3.84. The van der Waals surface area contributed by atoms with Crippen LogP contribution in [0.5, 0.6) is 0 Å². The van der Waals surface area contributed by atoms with Gasteiger partial charge >= 0.3 is 0 Å². The van der Waals surface area contributed by atoms with Gasteiger partial charge in [0.15, 0.2) is 0 Å². The Kier molecular flexibility index (Phi) is 5.83. The molecule has 1 N–H and O–H groups in total. The predicted molar refractivity (Wildman–Crippen MR) is 89.4 cm³/mol. The highest BCUT2D eigenvalue weighted by atomic mass is 16.3. The summed E-state index contributed by atoms with van der Waals surface area (Å²) in [5.74, 6) is 1.84. The Bertz CT molecular complexity index is 559. The van der Waals surface area contributed by atoms with E-state index in [9.17, 15) is 0 Å². The van der Waals surface area contributed by atoms with Crippen molar-refractivity contribution in [2.45, 2.75) is 40.3 Å². The molecule has 0 atom stereocenters. The maximum Gasteiger partial charge on any atom is 0.134 e. The van der Waals surface area contributed by atoms with Gasteiger partial charge < -0.3 is 9.73 Å². The Morgan fingerprint density at radius 3 is 2.71 bits per heavy atom. The van der Waals surface area contributed by atoms with Crippen LogP contribution in [0, 0.1) is 5.92 Å². The monoisotopic (exact) mass is 288 g/mol. The van der Waals surface area contributed by atoms with E-state index in [1.165, 1.54) is 17.4 Å². The minimum atomic E-state index is 0.740. The van der Waals surface area contributed by atoms with Crippen LogP contribution in [0.25, 0.3) is 11.0 Å². The number of rotatable bonds is 8. The van der Waals surface area contributed by atoms with Crippen LogP contribution in [0.2, 0.25) is 0 Å². The lowest BCUT2D eigenvalue weighted by Crippen LogP contribution is -2.21. The van der Waals surface area contributed by atoms with Gasteiger partial charge in [0.05, 0.1) is 6.54 Å². The second-order valence-corrected chi connectivity index (χ2v) is 6.20. The first-order valence-corrected chi connectivity index (χ1v) is 8.00. The fourth-order valence-corrected chi connectivity index (χ4v) is 2.52. The van der Waals surface area contributed by atoms with Crippen molar-refractivity contribution in [2.75, 3.05) is 20.1 Å². The van der Waals surface area contributed by atoms with Crippen molar-refractivity contribution in [1.29, 1.82) is 0 Å². The molecule has 0 aliphatic heterocycles. The minimum Gasteiger partial charge on any atom is -0.459 e. The third kappa shape index (κ3) is 4.32. The molecule has 3 nitrogen and oxygen atoms in total. The van der Waals surface area contributed by atoms with Gasteiger partial charge in [0.2, 0.25) is 0 Å². The van der Waals surface area contributed by atoms with Gasteiger partial charge in [0, 0.05) is 17.5 Å². The molecule has 0 aliphatic rings. The number of nitrogens with zero attached hydrogens (tertiary/aromatic N) is 1. The fraction of sp³-hybridized carbons (Fsp3) is 0.556. The summed E-state index contributed by atoms with van der Waals surface area (Å²) in [6.45, 7) is 10.5. The Hall–Kier alpha value is -1.32. The number of hydrogen-bond donors (Lipinski definition) is 1. The molecule has 2 aromatic rings. The summed E-state index contributed by atoms with van der Waals surface area (Å²) in [7, 11) is 2.17. The van der Waals surface area contributed by atoms with E-state index in [1.807, 2.05) is 6.07 Å². The molecule has 116 valence electrons. The molecule has 0 saturated carbocycles. The second-order valence-electron chi connectivity index (χ2n) is 6.20. The molecule has 0 spiro atoms. The first kappa shape index (κ1) is 16.1. The van der Waals surface area contributed by atoms with E-state index in [0.717, 1.165) is 43.4 Å². The standard InChI is InChI=1S/C18H28N2O/c1-5-19-12-16-15-8-6-7-9-17(15)21-18(16)13-20(4)11-10-14(2)3/h6-9,14,19H,5,10-13H2,1-4H3. The van der Waals surface area contributed by atoms with Crippen molar-refractivity contribution in [3.63, 3.8) is 0 Å². The molecule has 21 heavy (non-hydrogen) atoms. The first-order valence-electron chi connectivity index (χ1n) is 8.00. The average molecular weight is 288 g/mol. The molecular formula is C18H28N2O. The number of para-hydroxylation sites is 1. The van der Waals surface area contributed by atoms with Crippen LogP contribution in [-0.2, 0) is 13.1 Å². The average Bonchev–Trinajstić information content (AvgIpc) is 2.80. The molecule has 1 aromatic heterocycles. The molecule has 0 fully saturated rings. The van der Waals surface area contributed by atoms with Gasteiger partial charge in [0.1, 0.15) is 11.3 Å². The third-order valence-corrected chi connectivity index (χ3v) is 3.84. The highest BCUT2D eigenvalue weighted by molar-refractivity contribution is 5.82. The maximum atomic E-state index is 6.09. The molecule has 0 unspecified atom stereocenters. The van der Waals surface area contributed by atoms with Crippen molar-refractivity contribution >= 4 is 11.0 Å². The smallest absolute Gasteiger partial charge is 0.134 e. The molecule has 0 aliphatic carbocycles. The van der Waals surface area contributed by atoms with E-state index in [0.29, 0.717) is 0 Å². The summed E-state index contributed by atoms with van der Waals surface area (Å²) in [4.78, 5) is 2.35. The molecule has 3 heteroatoms. The molecule has 0 saturated heterocycles. The Labute approximate surface area is 128 Å². The van der Waals surface area contributed by atoms with Crippen LogP contribution in [0.15, 0.2) is 28.7 Å². The highest BCUT2D eigenvalue weighted by Gasteiger charge is 2.15. The summed E-state index contributed by atoms with van der Waals surface area (Å²) in [5, 5.41) is 4.67. The zero-order chi connectivity index (χ0) is 15.2. The number of fused-ring (bicyclic) bond motifs is 1. The maximum absolute atomic E-state index is 6.09. The molecule has 1 heterocycles. The lowest BCUT2D eigenvalue weighted by atomic mass is 10.1. The molecule has 0 amide bonds. The number of nitrogens with one attached hydrogen (secondary N) is 1. The van der Waals surface area contributed by atoms with Crippen molar-refractivity contribution in [1.82, 2.24) is 10.2 Å². The van der Waals surface area contributed by atoms with Crippen molar-refractivity contribution in [2.24, 2.45) is 5.92 Å². The quantitative estimate of drug-likeness (QED) is 0.795. The largest absolute Gasteiger partial charge is 0.459 e. The van der Waals surface area contributed by atoms with Crippen LogP contribution in [-0.4, -0.2) is 25.0 Å². The van der Waals surface area contributed by atoms with E-state index >= 15 is 0 Å². The Balaban J connectivity index is 2.17. The molecular weight excluding hydrogens is 260 g/mol. The molecule has 1 aromatic carbocycles.